The van der Waals surface area contributed by atoms with Gasteiger partial charge in [-0.05, 0) is 92.7 Å². The molecule has 2 amide bonds. The van der Waals surface area contributed by atoms with Gasteiger partial charge >= 0.3 is 0 Å². The summed E-state index contributed by atoms with van der Waals surface area (Å²) in [7, 11) is 0. The van der Waals surface area contributed by atoms with Gasteiger partial charge in [-0.3, -0.25) is 14.5 Å². The number of carbonyl (C=O) groups excluding carboxylic acids is 2. The van der Waals surface area contributed by atoms with E-state index in [1.54, 1.807) is 54.6 Å². The van der Waals surface area contributed by atoms with Crippen LogP contribution in [0.15, 0.2) is 65.3 Å². The molecule has 2 aromatic carbocycles. The van der Waals surface area contributed by atoms with Gasteiger partial charge in [0.1, 0.15) is 0 Å². The van der Waals surface area contributed by atoms with Crippen LogP contribution in [-0.4, -0.2) is 41.5 Å². The second-order valence-electron chi connectivity index (χ2n) is 7.81. The Morgan fingerprint density at radius 1 is 0.912 bits per heavy atom. The average molecular weight is 498 g/mol. The van der Waals surface area contributed by atoms with Gasteiger partial charge in [0.25, 0.3) is 5.91 Å². The zero-order valence-corrected chi connectivity index (χ0v) is 19.8. The van der Waals surface area contributed by atoms with Gasteiger partial charge in [-0.1, -0.05) is 11.6 Å². The molecule has 0 bridgehead atoms. The molecule has 1 aliphatic rings. The minimum atomic E-state index is -0.324. The van der Waals surface area contributed by atoms with E-state index in [0.29, 0.717) is 33.7 Å². The first-order valence-corrected chi connectivity index (χ1v) is 11.6. The maximum atomic E-state index is 12.2. The molecule has 0 radical (unpaired) electrons. The summed E-state index contributed by atoms with van der Waals surface area (Å²) in [6.45, 7) is 2.28. The number of halogens is 1. The third-order valence-corrected chi connectivity index (χ3v) is 5.73. The molecule has 0 atom stereocenters. The van der Waals surface area contributed by atoms with Crippen LogP contribution < -0.4 is 21.3 Å². The molecule has 0 unspecified atom stereocenters. The number of amides is 2. The predicted molar refractivity (Wildman–Crippen MR) is 139 cm³/mol. The molecular formula is C24H24ClN5O3S. The number of carbonyl (C=O) groups is 2. The van der Waals surface area contributed by atoms with Crippen LogP contribution in [0.3, 0.4) is 0 Å². The predicted octanol–water partition coefficient (Wildman–Crippen LogP) is 5.03. The molecular weight excluding hydrogens is 474 g/mol. The smallest absolute Gasteiger partial charge is 0.291 e. The van der Waals surface area contributed by atoms with E-state index in [4.69, 9.17) is 28.2 Å². The van der Waals surface area contributed by atoms with E-state index in [-0.39, 0.29) is 17.6 Å². The monoisotopic (exact) mass is 497 g/mol. The fraction of sp³-hybridized carbons (Fsp3) is 0.208. The highest BCUT2D eigenvalue weighted by Crippen LogP contribution is 2.26. The molecule has 4 rings (SSSR count). The highest BCUT2D eigenvalue weighted by Gasteiger charge is 2.16. The quantitative estimate of drug-likeness (QED) is 0.340. The second-order valence-corrected chi connectivity index (χ2v) is 8.63. The molecule has 1 aromatic heterocycles. The number of thiocarbonyl (C=S) groups is 1. The minimum Gasteiger partial charge on any atom is -0.459 e. The van der Waals surface area contributed by atoms with E-state index in [1.165, 1.54) is 6.26 Å². The number of hydrogen-bond donors (Lipinski definition) is 4. The van der Waals surface area contributed by atoms with Gasteiger partial charge in [0, 0.05) is 17.1 Å². The molecule has 1 saturated heterocycles. The van der Waals surface area contributed by atoms with Crippen molar-refractivity contribution < 1.29 is 14.0 Å². The van der Waals surface area contributed by atoms with Crippen molar-refractivity contribution in [1.82, 2.24) is 4.90 Å². The Balaban J connectivity index is 1.27. The van der Waals surface area contributed by atoms with Crippen molar-refractivity contribution in [3.63, 3.8) is 0 Å². The summed E-state index contributed by atoms with van der Waals surface area (Å²) >= 11 is 11.7. The Labute approximate surface area is 207 Å². The van der Waals surface area contributed by atoms with Crippen molar-refractivity contribution in [3.8, 4) is 0 Å². The van der Waals surface area contributed by atoms with Crippen molar-refractivity contribution in [3.05, 3.63) is 71.6 Å². The molecule has 2 heterocycles. The van der Waals surface area contributed by atoms with Crippen LogP contribution in [0.1, 0.15) is 23.4 Å². The fourth-order valence-electron chi connectivity index (χ4n) is 3.56. The van der Waals surface area contributed by atoms with Crippen molar-refractivity contribution in [2.24, 2.45) is 0 Å². The third-order valence-electron chi connectivity index (χ3n) is 5.21. The first-order valence-electron chi connectivity index (χ1n) is 10.8. The Kier molecular flexibility index (Phi) is 7.79. The number of nitrogens with one attached hydrogen (secondary N) is 4. The Bertz CT molecular complexity index is 1160. The topological polar surface area (TPSA) is 98.6 Å². The van der Waals surface area contributed by atoms with Crippen molar-refractivity contribution in [2.45, 2.75) is 12.8 Å². The van der Waals surface area contributed by atoms with Crippen molar-refractivity contribution >= 4 is 63.5 Å². The fourth-order valence-corrected chi connectivity index (χ4v) is 4.02. The lowest BCUT2D eigenvalue weighted by molar-refractivity contribution is -0.117. The Hall–Kier alpha value is -3.40. The molecule has 10 heteroatoms. The van der Waals surface area contributed by atoms with E-state index in [2.05, 4.69) is 26.2 Å². The summed E-state index contributed by atoms with van der Waals surface area (Å²) in [6.07, 6.45) is 3.71. The highest BCUT2D eigenvalue weighted by atomic mass is 35.5. The molecule has 0 saturated carbocycles. The number of furan rings is 1. The van der Waals surface area contributed by atoms with Crippen LogP contribution in [0.5, 0.6) is 0 Å². The van der Waals surface area contributed by atoms with Gasteiger partial charge in [-0.2, -0.15) is 0 Å². The van der Waals surface area contributed by atoms with Crippen LogP contribution in [0.4, 0.5) is 22.7 Å². The number of anilines is 4. The maximum absolute atomic E-state index is 12.2. The summed E-state index contributed by atoms with van der Waals surface area (Å²) in [4.78, 5) is 26.4. The summed E-state index contributed by atoms with van der Waals surface area (Å²) in [6, 6.07) is 15.6. The average Bonchev–Trinajstić information content (AvgIpc) is 3.51. The summed E-state index contributed by atoms with van der Waals surface area (Å²) in [5.41, 5.74) is 2.61. The van der Waals surface area contributed by atoms with Gasteiger partial charge in [0.15, 0.2) is 10.9 Å². The normalized spacial score (nSPS) is 13.3. The molecule has 4 N–H and O–H groups in total. The Morgan fingerprint density at radius 3 is 2.21 bits per heavy atom. The molecule has 1 fully saturated rings. The van der Waals surface area contributed by atoms with Gasteiger partial charge < -0.3 is 25.7 Å². The number of hydrogen-bond acceptors (Lipinski definition) is 5. The maximum Gasteiger partial charge on any atom is 0.291 e. The number of benzene rings is 2. The first kappa shape index (κ1) is 23.7. The summed E-state index contributed by atoms with van der Waals surface area (Å²) in [5.74, 6) is -0.163. The van der Waals surface area contributed by atoms with Crippen LogP contribution in [0, 0.1) is 0 Å². The molecule has 0 spiro atoms. The lowest BCUT2D eigenvalue weighted by Gasteiger charge is -2.15. The SMILES string of the molecule is O=C(CN1CCCC1)Nc1ccc(NC(=S)Nc2ccc(NC(=O)c3ccco3)cc2)cc1Cl. The van der Waals surface area contributed by atoms with Crippen LogP contribution in [0.25, 0.3) is 0 Å². The minimum absolute atomic E-state index is 0.0782. The number of nitrogens with zero attached hydrogens (tertiary/aromatic N) is 1. The lowest BCUT2D eigenvalue weighted by atomic mass is 10.2. The van der Waals surface area contributed by atoms with Gasteiger partial charge in [-0.25, -0.2) is 0 Å². The van der Waals surface area contributed by atoms with E-state index in [1.807, 2.05) is 0 Å². The van der Waals surface area contributed by atoms with E-state index in [0.717, 1.165) is 31.6 Å². The summed E-state index contributed by atoms with van der Waals surface area (Å²) in [5, 5.41) is 12.5. The van der Waals surface area contributed by atoms with E-state index < -0.39 is 0 Å². The first-order chi connectivity index (χ1) is 16.5. The zero-order valence-electron chi connectivity index (χ0n) is 18.3. The number of likely N-dealkylation sites (tertiary alicyclic amines) is 1. The van der Waals surface area contributed by atoms with Crippen molar-refractivity contribution in [2.75, 3.05) is 40.9 Å². The molecule has 3 aromatic rings. The highest BCUT2D eigenvalue weighted by molar-refractivity contribution is 7.80. The van der Waals surface area contributed by atoms with Gasteiger partial charge in [0.2, 0.25) is 5.91 Å². The van der Waals surface area contributed by atoms with Gasteiger partial charge in [0.05, 0.1) is 23.5 Å². The van der Waals surface area contributed by atoms with Gasteiger partial charge in [-0.15, -0.1) is 0 Å². The second kappa shape index (κ2) is 11.1. The van der Waals surface area contributed by atoms with E-state index in [9.17, 15) is 9.59 Å². The van der Waals surface area contributed by atoms with Crippen LogP contribution in [-0.2, 0) is 4.79 Å². The number of rotatable bonds is 7. The Morgan fingerprint density at radius 2 is 1.56 bits per heavy atom. The molecule has 8 nitrogen and oxygen atoms in total. The molecule has 176 valence electrons. The zero-order chi connectivity index (χ0) is 23.9. The van der Waals surface area contributed by atoms with Crippen LogP contribution >= 0.6 is 23.8 Å². The van der Waals surface area contributed by atoms with Crippen LogP contribution in [0.2, 0.25) is 5.02 Å². The van der Waals surface area contributed by atoms with E-state index >= 15 is 0 Å². The lowest BCUT2D eigenvalue weighted by Crippen LogP contribution is -2.30. The molecule has 34 heavy (non-hydrogen) atoms. The standard InChI is InChI=1S/C24H24ClN5O3S/c25-19-14-18(9-10-20(19)29-22(31)15-30-11-1-2-12-30)28-24(34)27-17-7-5-16(6-8-17)26-23(32)21-4-3-13-33-21/h3-10,13-14H,1-2,11-12,15H2,(H,26,32)(H,29,31)(H2,27,28,34). The third kappa shape index (κ3) is 6.57. The largest absolute Gasteiger partial charge is 0.459 e. The summed E-state index contributed by atoms with van der Waals surface area (Å²) < 4.78 is 5.08. The molecule has 1 aliphatic heterocycles. The molecule has 0 aliphatic carbocycles. The van der Waals surface area contributed by atoms with Crippen molar-refractivity contribution in [1.29, 1.82) is 0 Å².